The fraction of sp³-hybridized carbons (Fsp3) is 0.167. The predicted octanol–water partition coefficient (Wildman–Crippen LogP) is 0.648. The fourth-order valence-electron chi connectivity index (χ4n) is 1.64. The average molecular weight is 203 g/mol. The number of hydrogen-bond donors (Lipinski definition) is 3. The van der Waals surface area contributed by atoms with Crippen LogP contribution in [0.4, 0.5) is 0 Å². The molecule has 3 heteroatoms. The summed E-state index contributed by atoms with van der Waals surface area (Å²) < 4.78 is 0. The third-order valence-electron chi connectivity index (χ3n) is 2.52. The first-order valence-corrected chi connectivity index (χ1v) is 4.76. The van der Waals surface area contributed by atoms with Gasteiger partial charge in [0.15, 0.2) is 0 Å². The van der Waals surface area contributed by atoms with Crippen molar-refractivity contribution in [1.29, 1.82) is 0 Å². The van der Waals surface area contributed by atoms with Gasteiger partial charge >= 0.3 is 0 Å². The molecule has 4 N–H and O–H groups in total. The SMILES string of the molecule is NC1C(c2ccccc2)=CC=CC1(O)O. The highest BCUT2D eigenvalue weighted by Gasteiger charge is 2.33. The second-order valence-electron chi connectivity index (χ2n) is 3.61. The van der Waals surface area contributed by atoms with Gasteiger partial charge in [0.25, 0.3) is 0 Å². The van der Waals surface area contributed by atoms with Crippen LogP contribution in [0.3, 0.4) is 0 Å². The van der Waals surface area contributed by atoms with E-state index in [1.165, 1.54) is 6.08 Å². The second-order valence-corrected chi connectivity index (χ2v) is 3.61. The predicted molar refractivity (Wildman–Crippen MR) is 58.7 cm³/mol. The van der Waals surface area contributed by atoms with Gasteiger partial charge in [-0.1, -0.05) is 42.5 Å². The molecule has 1 aliphatic carbocycles. The van der Waals surface area contributed by atoms with Crippen LogP contribution in [0.5, 0.6) is 0 Å². The van der Waals surface area contributed by atoms with Crippen LogP contribution in [0.1, 0.15) is 5.56 Å². The molecule has 1 aromatic rings. The molecule has 1 unspecified atom stereocenters. The average Bonchev–Trinajstić information content (AvgIpc) is 2.23. The van der Waals surface area contributed by atoms with Crippen molar-refractivity contribution >= 4 is 5.57 Å². The van der Waals surface area contributed by atoms with E-state index >= 15 is 0 Å². The number of hydrogen-bond acceptors (Lipinski definition) is 3. The Balaban J connectivity index is 2.39. The lowest BCUT2D eigenvalue weighted by atomic mass is 9.89. The van der Waals surface area contributed by atoms with Crippen molar-refractivity contribution in [2.45, 2.75) is 11.8 Å². The summed E-state index contributed by atoms with van der Waals surface area (Å²) >= 11 is 0. The number of allylic oxidation sites excluding steroid dienone is 2. The van der Waals surface area contributed by atoms with Crippen LogP contribution < -0.4 is 5.73 Å². The van der Waals surface area contributed by atoms with Crippen LogP contribution in [-0.4, -0.2) is 22.0 Å². The van der Waals surface area contributed by atoms with Gasteiger partial charge in [-0.3, -0.25) is 0 Å². The number of benzene rings is 1. The molecular weight excluding hydrogens is 190 g/mol. The van der Waals surface area contributed by atoms with E-state index in [0.717, 1.165) is 11.1 Å². The Labute approximate surface area is 88.2 Å². The first-order chi connectivity index (χ1) is 7.11. The summed E-state index contributed by atoms with van der Waals surface area (Å²) in [6.07, 6.45) is 4.68. The third kappa shape index (κ3) is 1.85. The van der Waals surface area contributed by atoms with Gasteiger partial charge in [0.1, 0.15) is 0 Å². The van der Waals surface area contributed by atoms with Crippen LogP contribution in [0.25, 0.3) is 5.57 Å². The molecule has 0 saturated heterocycles. The van der Waals surface area contributed by atoms with E-state index in [2.05, 4.69) is 0 Å². The lowest BCUT2D eigenvalue weighted by molar-refractivity contribution is -0.123. The highest BCUT2D eigenvalue weighted by Crippen LogP contribution is 2.27. The summed E-state index contributed by atoms with van der Waals surface area (Å²) in [7, 11) is 0. The van der Waals surface area contributed by atoms with E-state index in [9.17, 15) is 10.2 Å². The van der Waals surface area contributed by atoms with Crippen LogP contribution in [-0.2, 0) is 0 Å². The van der Waals surface area contributed by atoms with E-state index < -0.39 is 11.8 Å². The van der Waals surface area contributed by atoms with Gasteiger partial charge in [0, 0.05) is 0 Å². The maximum Gasteiger partial charge on any atom is 0.203 e. The molecule has 1 aromatic carbocycles. The number of nitrogens with two attached hydrogens (primary N) is 1. The lowest BCUT2D eigenvalue weighted by Crippen LogP contribution is -2.48. The van der Waals surface area contributed by atoms with E-state index in [0.29, 0.717) is 0 Å². The molecule has 0 bridgehead atoms. The van der Waals surface area contributed by atoms with Crippen LogP contribution in [0, 0.1) is 0 Å². The molecule has 0 spiro atoms. The second kappa shape index (κ2) is 3.62. The monoisotopic (exact) mass is 203 g/mol. The Morgan fingerprint density at radius 2 is 1.80 bits per heavy atom. The summed E-state index contributed by atoms with van der Waals surface area (Å²) in [5.74, 6) is -1.96. The molecule has 0 aliphatic heterocycles. The molecule has 1 atom stereocenters. The standard InChI is InChI=1S/C12H13NO2/c13-11-10(7-4-8-12(11,14)15)9-5-2-1-3-6-9/h1-8,11,14-15H,13H2. The van der Waals surface area contributed by atoms with Crippen molar-refractivity contribution in [2.24, 2.45) is 5.73 Å². The molecular formula is C12H13NO2. The van der Waals surface area contributed by atoms with Gasteiger partial charge in [0.2, 0.25) is 5.79 Å². The minimum absolute atomic E-state index is 0.725. The minimum atomic E-state index is -1.96. The van der Waals surface area contributed by atoms with E-state index in [4.69, 9.17) is 5.73 Å². The lowest BCUT2D eigenvalue weighted by Gasteiger charge is -2.30. The molecule has 0 saturated carbocycles. The van der Waals surface area contributed by atoms with Crippen molar-refractivity contribution in [3.05, 3.63) is 54.1 Å². The zero-order valence-electron chi connectivity index (χ0n) is 8.17. The zero-order chi connectivity index (χ0) is 10.9. The van der Waals surface area contributed by atoms with Crippen LogP contribution in [0.15, 0.2) is 48.6 Å². The maximum absolute atomic E-state index is 9.58. The van der Waals surface area contributed by atoms with Crippen molar-refractivity contribution < 1.29 is 10.2 Å². The maximum atomic E-state index is 9.58. The molecule has 15 heavy (non-hydrogen) atoms. The molecule has 0 amide bonds. The van der Waals surface area contributed by atoms with Gasteiger partial charge in [-0.05, 0) is 17.2 Å². The minimum Gasteiger partial charge on any atom is -0.361 e. The Kier molecular flexibility index (Phi) is 2.44. The largest absolute Gasteiger partial charge is 0.361 e. The summed E-state index contributed by atoms with van der Waals surface area (Å²) in [5, 5.41) is 19.2. The third-order valence-corrected chi connectivity index (χ3v) is 2.52. The summed E-state index contributed by atoms with van der Waals surface area (Å²) in [6.45, 7) is 0. The number of aliphatic hydroxyl groups is 2. The Morgan fingerprint density at radius 1 is 1.13 bits per heavy atom. The first kappa shape index (κ1) is 10.1. The molecule has 0 radical (unpaired) electrons. The van der Waals surface area contributed by atoms with Gasteiger partial charge < -0.3 is 15.9 Å². The highest BCUT2D eigenvalue weighted by atomic mass is 16.5. The molecule has 78 valence electrons. The van der Waals surface area contributed by atoms with Crippen LogP contribution in [0.2, 0.25) is 0 Å². The smallest absolute Gasteiger partial charge is 0.203 e. The molecule has 3 nitrogen and oxygen atoms in total. The summed E-state index contributed by atoms with van der Waals surface area (Å²) in [4.78, 5) is 0. The molecule has 0 aromatic heterocycles. The van der Waals surface area contributed by atoms with Gasteiger partial charge in [-0.25, -0.2) is 0 Å². The topological polar surface area (TPSA) is 66.5 Å². The van der Waals surface area contributed by atoms with E-state index in [-0.39, 0.29) is 0 Å². The highest BCUT2D eigenvalue weighted by molar-refractivity contribution is 5.73. The Bertz CT molecular complexity index is 407. The van der Waals surface area contributed by atoms with Crippen molar-refractivity contribution in [1.82, 2.24) is 0 Å². The normalized spacial score (nSPS) is 23.7. The van der Waals surface area contributed by atoms with Gasteiger partial charge in [0.05, 0.1) is 6.04 Å². The first-order valence-electron chi connectivity index (χ1n) is 4.76. The summed E-state index contributed by atoms with van der Waals surface area (Å²) in [6, 6.07) is 8.64. The van der Waals surface area contributed by atoms with Crippen molar-refractivity contribution in [3.8, 4) is 0 Å². The molecule has 0 fully saturated rings. The van der Waals surface area contributed by atoms with Crippen LogP contribution >= 0.6 is 0 Å². The fourth-order valence-corrected chi connectivity index (χ4v) is 1.64. The quantitative estimate of drug-likeness (QED) is 0.587. The Morgan fingerprint density at radius 3 is 2.47 bits per heavy atom. The molecule has 1 aliphatic rings. The zero-order valence-corrected chi connectivity index (χ0v) is 8.17. The molecule has 0 heterocycles. The van der Waals surface area contributed by atoms with Crippen molar-refractivity contribution in [3.63, 3.8) is 0 Å². The van der Waals surface area contributed by atoms with E-state index in [1.807, 2.05) is 30.3 Å². The Hall–Kier alpha value is -1.42. The van der Waals surface area contributed by atoms with Gasteiger partial charge in [-0.15, -0.1) is 0 Å². The molecule has 2 rings (SSSR count). The van der Waals surface area contributed by atoms with E-state index in [1.54, 1.807) is 12.2 Å². The summed E-state index contributed by atoms with van der Waals surface area (Å²) in [5.41, 5.74) is 7.40. The van der Waals surface area contributed by atoms with Crippen molar-refractivity contribution in [2.75, 3.05) is 0 Å². The van der Waals surface area contributed by atoms with Gasteiger partial charge in [-0.2, -0.15) is 0 Å². The number of rotatable bonds is 1.